The van der Waals surface area contributed by atoms with Gasteiger partial charge in [-0.3, -0.25) is 0 Å². The summed E-state index contributed by atoms with van der Waals surface area (Å²) >= 11 is 0. The van der Waals surface area contributed by atoms with E-state index in [4.69, 9.17) is 11.0 Å². The summed E-state index contributed by atoms with van der Waals surface area (Å²) in [5, 5.41) is 8.40. The van der Waals surface area contributed by atoms with Gasteiger partial charge in [-0.1, -0.05) is 6.08 Å². The van der Waals surface area contributed by atoms with E-state index in [0.29, 0.717) is 18.5 Å². The summed E-state index contributed by atoms with van der Waals surface area (Å²) in [5.41, 5.74) is 5.90. The van der Waals surface area contributed by atoms with Gasteiger partial charge in [0.1, 0.15) is 0 Å². The van der Waals surface area contributed by atoms with Crippen LogP contribution in [0.1, 0.15) is 12.8 Å². The second-order valence-electron chi connectivity index (χ2n) is 2.94. The van der Waals surface area contributed by atoms with E-state index >= 15 is 0 Å². The fourth-order valence-corrected chi connectivity index (χ4v) is 1.95. The van der Waals surface area contributed by atoms with Crippen molar-refractivity contribution in [3.05, 3.63) is 23.9 Å². The van der Waals surface area contributed by atoms with Gasteiger partial charge < -0.3 is 5.73 Å². The summed E-state index contributed by atoms with van der Waals surface area (Å²) < 4.78 is 21.6. The van der Waals surface area contributed by atoms with Crippen LogP contribution in [-0.4, -0.2) is 13.3 Å². The first kappa shape index (κ1) is 10.5. The maximum absolute atomic E-state index is 10.8. The third-order valence-corrected chi connectivity index (χ3v) is 2.76. The van der Waals surface area contributed by atoms with Gasteiger partial charge in [0.15, 0.2) is 0 Å². The van der Waals surface area contributed by atoms with Crippen LogP contribution in [0.25, 0.3) is 0 Å². The van der Waals surface area contributed by atoms with Crippen LogP contribution in [0.5, 0.6) is 0 Å². The molecular formula is C9H10N2O2S. The highest BCUT2D eigenvalue weighted by Crippen LogP contribution is 2.16. The lowest BCUT2D eigenvalue weighted by atomic mass is 9.95. The van der Waals surface area contributed by atoms with E-state index in [-0.39, 0.29) is 10.8 Å². The van der Waals surface area contributed by atoms with E-state index in [0.717, 1.165) is 0 Å². The predicted octanol–water partition coefficient (Wildman–Crippen LogP) is 0.370. The third-order valence-electron chi connectivity index (χ3n) is 1.95. The van der Waals surface area contributed by atoms with Crippen molar-refractivity contribution in [1.82, 2.24) is 0 Å². The second-order valence-corrected chi connectivity index (χ2v) is 3.88. The fraction of sp³-hybridized carbons (Fsp3) is 0.333. The molecule has 1 atom stereocenters. The molecule has 0 aliphatic heterocycles. The average Bonchev–Trinajstić information content (AvgIpc) is 2.15. The SMILES string of the molecule is N#CCCC1C=CC(N)=CC1=S(=O)=O. The molecule has 2 N–H and O–H groups in total. The molecule has 0 heterocycles. The van der Waals surface area contributed by atoms with Gasteiger partial charge in [0.2, 0.25) is 10.3 Å². The minimum absolute atomic E-state index is 0.208. The van der Waals surface area contributed by atoms with Gasteiger partial charge in [0, 0.05) is 18.0 Å². The number of nitrogens with two attached hydrogens (primary N) is 1. The van der Waals surface area contributed by atoms with Crippen LogP contribution in [0, 0.1) is 17.2 Å². The Morgan fingerprint density at radius 2 is 2.29 bits per heavy atom. The lowest BCUT2D eigenvalue weighted by molar-refractivity contribution is 0.625. The summed E-state index contributed by atoms with van der Waals surface area (Å²) in [5.74, 6) is -0.208. The zero-order chi connectivity index (χ0) is 10.6. The van der Waals surface area contributed by atoms with Crippen molar-refractivity contribution >= 4 is 15.2 Å². The van der Waals surface area contributed by atoms with Crippen LogP contribution in [0.3, 0.4) is 0 Å². The number of nitriles is 1. The molecule has 4 nitrogen and oxygen atoms in total. The standard InChI is InChI=1S/C9H10N2O2S/c10-5-1-2-7-3-4-8(11)6-9(7)14(12)13/h3-4,6-7H,1-2,11H2. The van der Waals surface area contributed by atoms with Crippen LogP contribution in [0.15, 0.2) is 23.9 Å². The predicted molar refractivity (Wildman–Crippen MR) is 53.7 cm³/mol. The maximum atomic E-state index is 10.8. The summed E-state index contributed by atoms with van der Waals surface area (Å²) in [4.78, 5) is 0.264. The molecule has 0 aromatic carbocycles. The zero-order valence-electron chi connectivity index (χ0n) is 7.47. The Hall–Kier alpha value is -1.54. The molecule has 0 amide bonds. The second kappa shape index (κ2) is 4.63. The van der Waals surface area contributed by atoms with Gasteiger partial charge in [-0.15, -0.1) is 0 Å². The zero-order valence-corrected chi connectivity index (χ0v) is 8.29. The third kappa shape index (κ3) is 2.47. The van der Waals surface area contributed by atoms with Gasteiger partial charge in [-0.2, -0.15) is 13.7 Å². The lowest BCUT2D eigenvalue weighted by Crippen LogP contribution is -2.16. The molecule has 0 saturated carbocycles. The van der Waals surface area contributed by atoms with E-state index in [1.54, 1.807) is 12.2 Å². The van der Waals surface area contributed by atoms with Crippen molar-refractivity contribution in [2.24, 2.45) is 11.7 Å². The Morgan fingerprint density at radius 1 is 1.57 bits per heavy atom. The Labute approximate surface area is 83.9 Å². The molecule has 0 bridgehead atoms. The van der Waals surface area contributed by atoms with Gasteiger partial charge in [-0.25, -0.2) is 0 Å². The Morgan fingerprint density at radius 3 is 2.86 bits per heavy atom. The minimum atomic E-state index is -2.26. The van der Waals surface area contributed by atoms with Crippen LogP contribution < -0.4 is 5.73 Å². The summed E-state index contributed by atoms with van der Waals surface area (Å²) in [6.45, 7) is 0. The van der Waals surface area contributed by atoms with Gasteiger partial charge in [-0.05, 0) is 18.6 Å². The van der Waals surface area contributed by atoms with Crippen LogP contribution >= 0.6 is 0 Å². The summed E-state index contributed by atoms with van der Waals surface area (Å²) in [7, 11) is -2.26. The van der Waals surface area contributed by atoms with Crippen molar-refractivity contribution < 1.29 is 8.42 Å². The van der Waals surface area contributed by atoms with Gasteiger partial charge >= 0.3 is 0 Å². The van der Waals surface area contributed by atoms with Crippen LogP contribution in [-0.2, 0) is 10.3 Å². The van der Waals surface area contributed by atoms with E-state index < -0.39 is 10.3 Å². The van der Waals surface area contributed by atoms with Gasteiger partial charge in [0.25, 0.3) is 0 Å². The summed E-state index contributed by atoms with van der Waals surface area (Å²) in [6, 6.07) is 1.99. The normalized spacial score (nSPS) is 20.1. The summed E-state index contributed by atoms with van der Waals surface area (Å²) in [6.07, 6.45) is 5.67. The largest absolute Gasteiger partial charge is 0.399 e. The molecule has 0 aromatic heterocycles. The molecule has 1 unspecified atom stereocenters. The van der Waals surface area contributed by atoms with Crippen molar-refractivity contribution in [3.8, 4) is 6.07 Å². The van der Waals surface area contributed by atoms with Crippen molar-refractivity contribution in [2.75, 3.05) is 0 Å². The van der Waals surface area contributed by atoms with Gasteiger partial charge in [0.05, 0.1) is 10.9 Å². The Balaban J connectivity index is 2.95. The van der Waals surface area contributed by atoms with Crippen LogP contribution in [0.2, 0.25) is 0 Å². The molecule has 0 radical (unpaired) electrons. The highest BCUT2D eigenvalue weighted by atomic mass is 32.2. The van der Waals surface area contributed by atoms with Crippen LogP contribution in [0.4, 0.5) is 0 Å². The lowest BCUT2D eigenvalue weighted by Gasteiger charge is -2.13. The number of nitrogens with zero attached hydrogens (tertiary/aromatic N) is 1. The first-order valence-corrected chi connectivity index (χ1v) is 5.21. The first-order valence-electron chi connectivity index (χ1n) is 4.13. The average molecular weight is 210 g/mol. The molecule has 1 aliphatic rings. The monoisotopic (exact) mass is 210 g/mol. The number of allylic oxidation sites excluding steroid dienone is 3. The maximum Gasteiger partial charge on any atom is 0.217 e. The molecular weight excluding hydrogens is 200 g/mol. The quantitative estimate of drug-likeness (QED) is 0.667. The minimum Gasteiger partial charge on any atom is -0.399 e. The number of hydrogen-bond donors (Lipinski definition) is 1. The molecule has 0 fully saturated rings. The van der Waals surface area contributed by atoms with Crippen molar-refractivity contribution in [2.45, 2.75) is 12.8 Å². The first-order chi connectivity index (χ1) is 6.65. The highest BCUT2D eigenvalue weighted by Gasteiger charge is 2.15. The topological polar surface area (TPSA) is 83.9 Å². The smallest absolute Gasteiger partial charge is 0.217 e. The van der Waals surface area contributed by atoms with E-state index in [1.165, 1.54) is 6.08 Å². The van der Waals surface area contributed by atoms with E-state index in [9.17, 15) is 8.42 Å². The molecule has 1 aliphatic carbocycles. The number of rotatable bonds is 2. The highest BCUT2D eigenvalue weighted by molar-refractivity contribution is 7.73. The van der Waals surface area contributed by atoms with Crippen molar-refractivity contribution in [3.63, 3.8) is 0 Å². The Bertz CT molecular complexity index is 444. The Kier molecular flexibility index (Phi) is 3.48. The van der Waals surface area contributed by atoms with E-state index in [1.807, 2.05) is 6.07 Å². The molecule has 5 heteroatoms. The molecule has 0 saturated heterocycles. The molecule has 74 valence electrons. The molecule has 14 heavy (non-hydrogen) atoms. The van der Waals surface area contributed by atoms with Crippen molar-refractivity contribution in [1.29, 1.82) is 5.26 Å². The molecule has 0 aromatic rings. The van der Waals surface area contributed by atoms with E-state index in [2.05, 4.69) is 0 Å². The number of hydrogen-bond acceptors (Lipinski definition) is 4. The molecule has 1 rings (SSSR count). The fourth-order valence-electron chi connectivity index (χ4n) is 1.27. The molecule has 0 spiro atoms.